The number of hydrogen-bond donors (Lipinski definition) is 2. The summed E-state index contributed by atoms with van der Waals surface area (Å²) in [5, 5.41) is 5.08. The van der Waals surface area contributed by atoms with Crippen molar-refractivity contribution in [2.24, 2.45) is 0 Å². The van der Waals surface area contributed by atoms with E-state index in [0.717, 1.165) is 0 Å². The zero-order chi connectivity index (χ0) is 17.7. The smallest absolute Gasteiger partial charge is 0.387 e. The molecule has 24 heavy (non-hydrogen) atoms. The van der Waals surface area contributed by atoms with E-state index in [1.807, 2.05) is 0 Å². The van der Waals surface area contributed by atoms with E-state index in [1.165, 1.54) is 37.6 Å². The summed E-state index contributed by atoms with van der Waals surface area (Å²) in [6.45, 7) is 0.0901. The monoisotopic (exact) mass is 338 g/mol. The molecule has 2 amide bonds. The van der Waals surface area contributed by atoms with Gasteiger partial charge in [-0.3, -0.25) is 9.59 Å². The average Bonchev–Trinajstić information content (AvgIpc) is 3.05. The Morgan fingerprint density at radius 2 is 2.00 bits per heavy atom. The van der Waals surface area contributed by atoms with Gasteiger partial charge in [-0.25, -0.2) is 0 Å². The van der Waals surface area contributed by atoms with Crippen molar-refractivity contribution in [1.29, 1.82) is 0 Å². The van der Waals surface area contributed by atoms with Gasteiger partial charge in [-0.2, -0.15) is 8.78 Å². The zero-order valence-electron chi connectivity index (χ0n) is 13.0. The number of hydrogen-bond acceptors (Lipinski definition) is 4. The minimum absolute atomic E-state index is 0.0297. The maximum atomic E-state index is 12.3. The molecule has 128 valence electrons. The Hall–Kier alpha value is -2.90. The third kappa shape index (κ3) is 4.31. The predicted octanol–water partition coefficient (Wildman–Crippen LogP) is 2.95. The van der Waals surface area contributed by atoms with E-state index in [2.05, 4.69) is 15.4 Å². The lowest BCUT2D eigenvalue weighted by Gasteiger charge is -2.16. The van der Waals surface area contributed by atoms with Crippen molar-refractivity contribution >= 4 is 17.5 Å². The lowest BCUT2D eigenvalue weighted by atomic mass is 10.1. The minimum Gasteiger partial charge on any atom is -0.472 e. The summed E-state index contributed by atoms with van der Waals surface area (Å²) in [6, 6.07) is 5.04. The van der Waals surface area contributed by atoms with Crippen molar-refractivity contribution < 1.29 is 27.5 Å². The van der Waals surface area contributed by atoms with Gasteiger partial charge in [-0.15, -0.1) is 0 Å². The molecular weight excluding hydrogens is 322 g/mol. The Morgan fingerprint density at radius 1 is 1.25 bits per heavy atom. The molecule has 0 saturated carbocycles. The largest absolute Gasteiger partial charge is 0.472 e. The molecule has 0 aliphatic carbocycles. The minimum atomic E-state index is -2.96. The second-order valence-corrected chi connectivity index (χ2v) is 5.00. The molecule has 0 spiro atoms. The Morgan fingerprint density at radius 3 is 2.62 bits per heavy atom. The molecule has 0 aliphatic heterocycles. The number of furan rings is 1. The average molecular weight is 338 g/mol. The van der Waals surface area contributed by atoms with Crippen LogP contribution in [0.1, 0.15) is 22.8 Å². The molecule has 1 aromatic carbocycles. The number of amides is 2. The van der Waals surface area contributed by atoms with Gasteiger partial charge in [0.25, 0.3) is 5.91 Å². The fourth-order valence-electron chi connectivity index (χ4n) is 1.95. The highest BCUT2D eigenvalue weighted by Crippen LogP contribution is 2.26. The normalized spacial score (nSPS) is 11.9. The summed E-state index contributed by atoms with van der Waals surface area (Å²) in [4.78, 5) is 24.0. The van der Waals surface area contributed by atoms with Crippen LogP contribution in [-0.2, 0) is 4.79 Å². The molecule has 1 aromatic heterocycles. The van der Waals surface area contributed by atoms with Crippen LogP contribution >= 0.6 is 0 Å². The van der Waals surface area contributed by atoms with Gasteiger partial charge in [-0.1, -0.05) is 6.07 Å². The van der Waals surface area contributed by atoms with Crippen LogP contribution in [0.25, 0.3) is 0 Å². The van der Waals surface area contributed by atoms with Crippen LogP contribution in [0.15, 0.2) is 41.2 Å². The number of rotatable bonds is 6. The highest BCUT2D eigenvalue weighted by Gasteiger charge is 2.19. The third-order valence-electron chi connectivity index (χ3n) is 3.28. The first-order valence-corrected chi connectivity index (χ1v) is 7.07. The van der Waals surface area contributed by atoms with Gasteiger partial charge in [0, 0.05) is 11.3 Å². The second-order valence-electron chi connectivity index (χ2n) is 5.00. The predicted molar refractivity (Wildman–Crippen MR) is 82.1 cm³/mol. The summed E-state index contributed by atoms with van der Waals surface area (Å²) in [6.07, 6.45) is 2.60. The zero-order valence-corrected chi connectivity index (χ0v) is 13.0. The van der Waals surface area contributed by atoms with E-state index in [9.17, 15) is 18.4 Å². The molecule has 0 aliphatic rings. The molecule has 2 aromatic rings. The van der Waals surface area contributed by atoms with Gasteiger partial charge in [0.2, 0.25) is 5.91 Å². The Balaban J connectivity index is 2.02. The van der Waals surface area contributed by atoms with Crippen molar-refractivity contribution in [3.8, 4) is 5.75 Å². The third-order valence-corrected chi connectivity index (χ3v) is 3.28. The van der Waals surface area contributed by atoms with Crippen LogP contribution in [0, 0.1) is 6.92 Å². The van der Waals surface area contributed by atoms with E-state index in [0.29, 0.717) is 11.3 Å². The van der Waals surface area contributed by atoms with E-state index >= 15 is 0 Å². The number of carbonyl (C=O) groups is 2. The van der Waals surface area contributed by atoms with Crippen LogP contribution in [0.4, 0.5) is 14.5 Å². The fourth-order valence-corrected chi connectivity index (χ4v) is 1.95. The Kier molecular flexibility index (Phi) is 5.51. The number of nitrogens with one attached hydrogen (secondary N) is 2. The summed E-state index contributed by atoms with van der Waals surface area (Å²) >= 11 is 0. The topological polar surface area (TPSA) is 80.6 Å². The molecule has 2 rings (SSSR count). The molecular formula is C16H16F2N2O4. The number of benzene rings is 1. The molecule has 0 bridgehead atoms. The van der Waals surface area contributed by atoms with Crippen molar-refractivity contribution in [2.45, 2.75) is 26.5 Å². The van der Waals surface area contributed by atoms with Crippen LogP contribution < -0.4 is 15.4 Å². The highest BCUT2D eigenvalue weighted by atomic mass is 19.3. The van der Waals surface area contributed by atoms with E-state index < -0.39 is 24.5 Å². The van der Waals surface area contributed by atoms with E-state index in [4.69, 9.17) is 4.42 Å². The summed E-state index contributed by atoms with van der Waals surface area (Å²) in [5.41, 5.74) is 0.972. The molecule has 1 heterocycles. The molecule has 2 N–H and O–H groups in total. The molecule has 0 saturated heterocycles. The SMILES string of the molecule is Cc1c(NC(=O)[C@@H](C)NC(=O)c2ccoc2)cccc1OC(F)F. The van der Waals surface area contributed by atoms with Crippen LogP contribution in [0.2, 0.25) is 0 Å². The number of carbonyl (C=O) groups excluding carboxylic acids is 2. The summed E-state index contributed by atoms with van der Waals surface area (Å²) < 4.78 is 33.8. The molecule has 6 nitrogen and oxygen atoms in total. The Labute approximate surface area is 136 Å². The van der Waals surface area contributed by atoms with Crippen molar-refractivity contribution in [3.05, 3.63) is 47.9 Å². The Bertz CT molecular complexity index is 717. The molecule has 0 unspecified atom stereocenters. The number of anilines is 1. The van der Waals surface area contributed by atoms with Gasteiger partial charge in [0.1, 0.15) is 18.1 Å². The molecule has 8 heteroatoms. The first kappa shape index (κ1) is 17.5. The molecule has 1 atom stereocenters. The van der Waals surface area contributed by atoms with Crippen LogP contribution in [0.3, 0.4) is 0 Å². The standard InChI is InChI=1S/C16H16F2N2O4/c1-9-12(4-3-5-13(9)24-16(17)18)20-14(21)10(2)19-15(22)11-6-7-23-8-11/h3-8,10,16H,1-2H3,(H,19,22)(H,20,21)/t10-/m1/s1. The highest BCUT2D eigenvalue weighted by molar-refractivity contribution is 6.01. The lowest BCUT2D eigenvalue weighted by Crippen LogP contribution is -2.41. The second kappa shape index (κ2) is 7.58. The van der Waals surface area contributed by atoms with Gasteiger partial charge in [0.15, 0.2) is 0 Å². The maximum Gasteiger partial charge on any atom is 0.387 e. The van der Waals surface area contributed by atoms with Gasteiger partial charge in [0.05, 0.1) is 11.8 Å². The number of ether oxygens (including phenoxy) is 1. The fraction of sp³-hybridized carbons (Fsp3) is 0.250. The first-order chi connectivity index (χ1) is 11.4. The van der Waals surface area contributed by atoms with Gasteiger partial charge >= 0.3 is 6.61 Å². The lowest BCUT2D eigenvalue weighted by molar-refractivity contribution is -0.117. The quantitative estimate of drug-likeness (QED) is 0.849. The van der Waals surface area contributed by atoms with Crippen molar-refractivity contribution in [2.75, 3.05) is 5.32 Å². The van der Waals surface area contributed by atoms with E-state index in [-0.39, 0.29) is 11.3 Å². The summed E-state index contributed by atoms with van der Waals surface area (Å²) in [5.74, 6) is -0.986. The van der Waals surface area contributed by atoms with Crippen LogP contribution in [-0.4, -0.2) is 24.5 Å². The van der Waals surface area contributed by atoms with Crippen molar-refractivity contribution in [1.82, 2.24) is 5.32 Å². The first-order valence-electron chi connectivity index (χ1n) is 7.07. The van der Waals surface area contributed by atoms with Gasteiger partial charge in [-0.05, 0) is 32.0 Å². The summed E-state index contributed by atoms with van der Waals surface area (Å²) in [7, 11) is 0. The number of alkyl halides is 2. The van der Waals surface area contributed by atoms with E-state index in [1.54, 1.807) is 13.0 Å². The maximum absolute atomic E-state index is 12.3. The molecule has 0 radical (unpaired) electrons. The van der Waals surface area contributed by atoms with Gasteiger partial charge < -0.3 is 19.8 Å². The van der Waals surface area contributed by atoms with Crippen molar-refractivity contribution in [3.63, 3.8) is 0 Å². The number of halogens is 2. The molecule has 0 fully saturated rings. The van der Waals surface area contributed by atoms with Crippen LogP contribution in [0.5, 0.6) is 5.75 Å².